The minimum Gasteiger partial charge on any atom is -0.490 e. The van der Waals surface area contributed by atoms with Gasteiger partial charge in [0.25, 0.3) is 5.91 Å². The van der Waals surface area contributed by atoms with Gasteiger partial charge in [0.2, 0.25) is 5.91 Å². The van der Waals surface area contributed by atoms with Crippen molar-refractivity contribution in [2.45, 2.75) is 0 Å². The Morgan fingerprint density at radius 2 is 1.45 bits per heavy atom. The lowest BCUT2D eigenvalue weighted by molar-refractivity contribution is 0.0974. The fraction of sp³-hybridized carbons (Fsp3) is 0.0870. The van der Waals surface area contributed by atoms with Crippen molar-refractivity contribution < 1.29 is 19.1 Å². The van der Waals surface area contributed by atoms with Crippen molar-refractivity contribution in [2.24, 2.45) is 5.73 Å². The molecule has 0 spiro atoms. The molecule has 0 atom stereocenters. The fourth-order valence-corrected chi connectivity index (χ4v) is 2.86. The van der Waals surface area contributed by atoms with Crippen molar-refractivity contribution in [3.8, 4) is 11.5 Å². The number of hydrogen-bond acceptors (Lipinski definition) is 5. The van der Waals surface area contributed by atoms with E-state index < -0.39 is 11.8 Å². The molecular weight excluding hydrogens is 414 g/mol. The van der Waals surface area contributed by atoms with Gasteiger partial charge in [-0.1, -0.05) is 30.3 Å². The molecule has 0 aliphatic heterocycles. The van der Waals surface area contributed by atoms with Crippen LogP contribution in [0, 0.1) is 0 Å². The normalized spacial score (nSPS) is 10.1. The standard InChI is InChI=1S/C23H21N3O4S/c24-21(27)16-6-4-8-18(14-16)25-23(31)26-22(28)17-7-5-11-20(15-17)30-13-12-29-19-9-2-1-3-10-19/h1-11,14-15H,12-13H2,(H2,24,27)(H2,25,26,28,31). The number of primary amides is 1. The van der Waals surface area contributed by atoms with Crippen molar-refractivity contribution in [3.05, 3.63) is 90.0 Å². The Balaban J connectivity index is 1.50. The molecule has 31 heavy (non-hydrogen) atoms. The van der Waals surface area contributed by atoms with E-state index in [-0.39, 0.29) is 5.11 Å². The number of carbonyl (C=O) groups is 2. The smallest absolute Gasteiger partial charge is 0.257 e. The van der Waals surface area contributed by atoms with Crippen LogP contribution in [0.5, 0.6) is 11.5 Å². The number of anilines is 1. The molecule has 158 valence electrons. The molecule has 0 fully saturated rings. The average Bonchev–Trinajstić information content (AvgIpc) is 2.77. The zero-order chi connectivity index (χ0) is 22.1. The molecule has 3 aromatic rings. The summed E-state index contributed by atoms with van der Waals surface area (Å²) in [6.45, 7) is 0.703. The summed E-state index contributed by atoms with van der Waals surface area (Å²) in [6, 6.07) is 22.7. The predicted molar refractivity (Wildman–Crippen MR) is 123 cm³/mol. The van der Waals surface area contributed by atoms with Gasteiger partial charge < -0.3 is 20.5 Å². The predicted octanol–water partition coefficient (Wildman–Crippen LogP) is 3.37. The number of para-hydroxylation sites is 1. The second-order valence-corrected chi connectivity index (χ2v) is 6.80. The van der Waals surface area contributed by atoms with Gasteiger partial charge in [-0.25, -0.2) is 0 Å². The number of benzene rings is 3. The van der Waals surface area contributed by atoms with Crippen LogP contribution in [0.15, 0.2) is 78.9 Å². The summed E-state index contributed by atoms with van der Waals surface area (Å²) in [7, 11) is 0. The van der Waals surface area contributed by atoms with E-state index in [1.807, 2.05) is 30.3 Å². The lowest BCUT2D eigenvalue weighted by atomic mass is 10.2. The number of carbonyl (C=O) groups excluding carboxylic acids is 2. The summed E-state index contributed by atoms with van der Waals surface area (Å²) in [5, 5.41) is 5.54. The second-order valence-electron chi connectivity index (χ2n) is 6.39. The molecule has 0 aliphatic rings. The maximum Gasteiger partial charge on any atom is 0.257 e. The molecule has 0 saturated heterocycles. The first-order valence-corrected chi connectivity index (χ1v) is 9.85. The van der Waals surface area contributed by atoms with Crippen LogP contribution < -0.4 is 25.8 Å². The highest BCUT2D eigenvalue weighted by Gasteiger charge is 2.10. The molecule has 4 N–H and O–H groups in total. The number of nitrogens with two attached hydrogens (primary N) is 1. The third kappa shape index (κ3) is 6.83. The van der Waals surface area contributed by atoms with Gasteiger partial charge >= 0.3 is 0 Å². The minimum absolute atomic E-state index is 0.0919. The highest BCUT2D eigenvalue weighted by atomic mass is 32.1. The summed E-state index contributed by atoms with van der Waals surface area (Å²) in [5.41, 5.74) is 6.53. The Morgan fingerprint density at radius 1 is 0.806 bits per heavy atom. The lowest BCUT2D eigenvalue weighted by Gasteiger charge is -2.11. The van der Waals surface area contributed by atoms with Gasteiger partial charge in [-0.05, 0) is 60.7 Å². The Kier molecular flexibility index (Phi) is 7.56. The molecule has 3 rings (SSSR count). The first-order valence-electron chi connectivity index (χ1n) is 9.44. The van der Waals surface area contributed by atoms with E-state index >= 15 is 0 Å². The summed E-state index contributed by atoms with van der Waals surface area (Å²) in [4.78, 5) is 23.8. The van der Waals surface area contributed by atoms with Gasteiger partial charge in [-0.15, -0.1) is 0 Å². The Bertz CT molecular complexity index is 1070. The van der Waals surface area contributed by atoms with Crippen LogP contribution in [-0.4, -0.2) is 30.1 Å². The molecule has 0 heterocycles. The van der Waals surface area contributed by atoms with E-state index in [0.29, 0.717) is 35.8 Å². The Labute approximate surface area is 185 Å². The molecular formula is C23H21N3O4S. The maximum atomic E-state index is 12.5. The number of hydrogen-bond donors (Lipinski definition) is 3. The molecule has 7 nitrogen and oxygen atoms in total. The molecule has 0 unspecified atom stereocenters. The quantitative estimate of drug-likeness (QED) is 0.370. The number of rotatable bonds is 8. The fourth-order valence-electron chi connectivity index (χ4n) is 2.65. The summed E-state index contributed by atoms with van der Waals surface area (Å²) in [6.07, 6.45) is 0. The van der Waals surface area contributed by atoms with Crippen molar-refractivity contribution in [3.63, 3.8) is 0 Å². The molecule has 0 aromatic heterocycles. The van der Waals surface area contributed by atoms with Crippen molar-refractivity contribution >= 4 is 34.8 Å². The van der Waals surface area contributed by atoms with Crippen molar-refractivity contribution in [1.82, 2.24) is 5.32 Å². The van der Waals surface area contributed by atoms with Crippen molar-refractivity contribution in [1.29, 1.82) is 0 Å². The maximum absolute atomic E-state index is 12.5. The minimum atomic E-state index is -0.551. The number of ether oxygens (including phenoxy) is 2. The third-order valence-corrected chi connectivity index (χ3v) is 4.30. The van der Waals surface area contributed by atoms with E-state index in [1.54, 1.807) is 48.5 Å². The monoisotopic (exact) mass is 435 g/mol. The highest BCUT2D eigenvalue weighted by Crippen LogP contribution is 2.14. The SMILES string of the molecule is NC(=O)c1cccc(NC(=S)NC(=O)c2cccc(OCCOc3ccccc3)c2)c1. The number of thiocarbonyl (C=S) groups is 1. The van der Waals surface area contributed by atoms with Gasteiger partial charge in [0.05, 0.1) is 0 Å². The molecule has 0 radical (unpaired) electrons. The number of amides is 2. The van der Waals surface area contributed by atoms with Crippen LogP contribution in [0.25, 0.3) is 0 Å². The zero-order valence-corrected chi connectivity index (χ0v) is 17.4. The lowest BCUT2D eigenvalue weighted by Crippen LogP contribution is -2.34. The zero-order valence-electron chi connectivity index (χ0n) is 16.5. The van der Waals surface area contributed by atoms with Gasteiger partial charge in [0.1, 0.15) is 24.7 Å². The van der Waals surface area contributed by atoms with Gasteiger partial charge in [-0.2, -0.15) is 0 Å². The van der Waals surface area contributed by atoms with Crippen LogP contribution >= 0.6 is 12.2 Å². The largest absolute Gasteiger partial charge is 0.490 e. The Hall–Kier alpha value is -3.91. The summed E-state index contributed by atoms with van der Waals surface area (Å²) < 4.78 is 11.2. The van der Waals surface area contributed by atoms with Crippen molar-refractivity contribution in [2.75, 3.05) is 18.5 Å². The number of nitrogens with one attached hydrogen (secondary N) is 2. The summed E-state index contributed by atoms with van der Waals surface area (Å²) >= 11 is 5.18. The molecule has 8 heteroatoms. The van der Waals surface area contributed by atoms with E-state index in [0.717, 1.165) is 5.75 Å². The van der Waals surface area contributed by atoms with E-state index in [1.165, 1.54) is 0 Å². The van der Waals surface area contributed by atoms with Crippen LogP contribution in [0.1, 0.15) is 20.7 Å². The molecule has 3 aromatic carbocycles. The van der Waals surface area contributed by atoms with Crippen LogP contribution in [0.4, 0.5) is 5.69 Å². The molecule has 0 bridgehead atoms. The van der Waals surface area contributed by atoms with E-state index in [4.69, 9.17) is 27.4 Å². The molecule has 0 aliphatic carbocycles. The topological polar surface area (TPSA) is 103 Å². The highest BCUT2D eigenvalue weighted by molar-refractivity contribution is 7.80. The molecule has 0 saturated carbocycles. The third-order valence-electron chi connectivity index (χ3n) is 4.09. The van der Waals surface area contributed by atoms with Crippen LogP contribution in [-0.2, 0) is 0 Å². The van der Waals surface area contributed by atoms with Crippen LogP contribution in [0.3, 0.4) is 0 Å². The van der Waals surface area contributed by atoms with Crippen LogP contribution in [0.2, 0.25) is 0 Å². The second kappa shape index (κ2) is 10.7. The Morgan fingerprint density at radius 3 is 2.19 bits per heavy atom. The van der Waals surface area contributed by atoms with E-state index in [9.17, 15) is 9.59 Å². The van der Waals surface area contributed by atoms with E-state index in [2.05, 4.69) is 10.6 Å². The van der Waals surface area contributed by atoms with Gasteiger partial charge in [0.15, 0.2) is 5.11 Å². The first kappa shape index (κ1) is 21.8. The van der Waals surface area contributed by atoms with Gasteiger partial charge in [-0.3, -0.25) is 14.9 Å². The van der Waals surface area contributed by atoms with Gasteiger partial charge in [0, 0.05) is 16.8 Å². The summed E-state index contributed by atoms with van der Waals surface area (Å²) in [5.74, 6) is 0.359. The molecule has 2 amide bonds. The first-order chi connectivity index (χ1) is 15.0. The average molecular weight is 436 g/mol.